The highest BCUT2D eigenvalue weighted by Crippen LogP contribution is 2.21. The van der Waals surface area contributed by atoms with Gasteiger partial charge < -0.3 is 0 Å². The van der Waals surface area contributed by atoms with E-state index in [4.69, 9.17) is 0 Å². The first kappa shape index (κ1) is 15.1. The largest absolute Gasteiger partial charge is 0.306 e. The predicted molar refractivity (Wildman–Crippen MR) is 73.5 cm³/mol. The van der Waals surface area contributed by atoms with Gasteiger partial charge in [0.2, 0.25) is 15.8 Å². The van der Waals surface area contributed by atoms with Crippen molar-refractivity contribution in [3.05, 3.63) is 70.0 Å². The molecule has 0 saturated heterocycles. The summed E-state index contributed by atoms with van der Waals surface area (Å²) in [5.41, 5.74) is -0.143. The molecule has 0 saturated carbocycles. The number of nitro benzene ring substituents is 1. The smallest absolute Gasteiger partial charge is 0.258 e. The molecule has 0 heterocycles. The van der Waals surface area contributed by atoms with Crippen LogP contribution in [0.5, 0.6) is 0 Å². The van der Waals surface area contributed by atoms with Crippen molar-refractivity contribution in [1.29, 1.82) is 0 Å². The van der Waals surface area contributed by atoms with Crippen molar-refractivity contribution in [2.24, 2.45) is 0 Å². The van der Waals surface area contributed by atoms with Crippen LogP contribution in [0.2, 0.25) is 0 Å². The van der Waals surface area contributed by atoms with Crippen LogP contribution in [0.4, 0.5) is 10.1 Å². The monoisotopic (exact) mass is 310 g/mol. The molecule has 6 nitrogen and oxygen atoms in total. The van der Waals surface area contributed by atoms with Gasteiger partial charge >= 0.3 is 5.69 Å². The van der Waals surface area contributed by atoms with Crippen LogP contribution in [0.1, 0.15) is 5.56 Å². The molecule has 0 unspecified atom stereocenters. The summed E-state index contributed by atoms with van der Waals surface area (Å²) in [5.74, 6) is -1.08. The Labute approximate surface area is 120 Å². The minimum absolute atomic E-state index is 0.0361. The summed E-state index contributed by atoms with van der Waals surface area (Å²) < 4.78 is 39.6. The van der Waals surface area contributed by atoms with Crippen LogP contribution in [0, 0.1) is 15.9 Å². The van der Waals surface area contributed by atoms with Gasteiger partial charge in [0.15, 0.2) is 0 Å². The van der Waals surface area contributed by atoms with Crippen LogP contribution in [0.3, 0.4) is 0 Å². The standard InChI is InChI=1S/C13H11FN2O4S/c14-12-7-6-11(8-13(12)16(17)18)21(19,20)15-9-10-4-2-1-3-5-10/h1-8,15H,9H2. The van der Waals surface area contributed by atoms with Crippen molar-refractivity contribution >= 4 is 15.7 Å². The highest BCUT2D eigenvalue weighted by molar-refractivity contribution is 7.89. The van der Waals surface area contributed by atoms with Crippen LogP contribution < -0.4 is 4.72 Å². The summed E-state index contributed by atoms with van der Waals surface area (Å²) in [6, 6.07) is 11.2. The average molecular weight is 310 g/mol. The van der Waals surface area contributed by atoms with Gasteiger partial charge in [-0.05, 0) is 17.7 Å². The van der Waals surface area contributed by atoms with E-state index in [1.165, 1.54) is 0 Å². The van der Waals surface area contributed by atoms with Crippen molar-refractivity contribution in [2.45, 2.75) is 11.4 Å². The molecule has 21 heavy (non-hydrogen) atoms. The Balaban J connectivity index is 2.24. The molecule has 1 N–H and O–H groups in total. The lowest BCUT2D eigenvalue weighted by Crippen LogP contribution is -2.23. The third-order valence-corrected chi connectivity index (χ3v) is 4.13. The van der Waals surface area contributed by atoms with E-state index in [0.717, 1.165) is 17.7 Å². The number of sulfonamides is 1. The highest BCUT2D eigenvalue weighted by atomic mass is 32.2. The number of halogens is 1. The minimum atomic E-state index is -3.95. The molecule has 8 heteroatoms. The lowest BCUT2D eigenvalue weighted by Gasteiger charge is -2.07. The Morgan fingerprint density at radius 3 is 2.43 bits per heavy atom. The molecule has 0 aliphatic heterocycles. The summed E-state index contributed by atoms with van der Waals surface area (Å²) in [5, 5.41) is 10.6. The first-order valence-corrected chi connectivity index (χ1v) is 7.36. The van der Waals surface area contributed by atoms with Crippen molar-refractivity contribution in [3.8, 4) is 0 Å². The maximum atomic E-state index is 13.2. The van der Waals surface area contributed by atoms with E-state index in [1.54, 1.807) is 30.3 Å². The Morgan fingerprint density at radius 1 is 1.14 bits per heavy atom. The zero-order valence-electron chi connectivity index (χ0n) is 10.7. The first-order valence-electron chi connectivity index (χ1n) is 5.88. The quantitative estimate of drug-likeness (QED) is 0.677. The third kappa shape index (κ3) is 3.61. The van der Waals surface area contributed by atoms with Gasteiger partial charge in [-0.1, -0.05) is 30.3 Å². The van der Waals surface area contributed by atoms with Crippen LogP contribution in [0.15, 0.2) is 53.4 Å². The van der Waals surface area contributed by atoms with Gasteiger partial charge in [-0.25, -0.2) is 13.1 Å². The van der Waals surface area contributed by atoms with Gasteiger partial charge in [0, 0.05) is 12.6 Å². The van der Waals surface area contributed by atoms with Crippen LogP contribution in [-0.4, -0.2) is 13.3 Å². The predicted octanol–water partition coefficient (Wildman–Crippen LogP) is 2.21. The van der Waals surface area contributed by atoms with Crippen LogP contribution >= 0.6 is 0 Å². The molecule has 0 bridgehead atoms. The molecule has 0 aliphatic rings. The van der Waals surface area contributed by atoms with Gasteiger partial charge in [-0.15, -0.1) is 0 Å². The van der Waals surface area contributed by atoms with E-state index < -0.39 is 26.5 Å². The van der Waals surface area contributed by atoms with Gasteiger partial charge in [-0.3, -0.25) is 10.1 Å². The Kier molecular flexibility index (Phi) is 4.29. The summed E-state index contributed by atoms with van der Waals surface area (Å²) in [6.45, 7) is 0.0361. The van der Waals surface area contributed by atoms with Crippen molar-refractivity contribution in [2.75, 3.05) is 0 Å². The fourth-order valence-corrected chi connectivity index (χ4v) is 2.69. The second-order valence-electron chi connectivity index (χ2n) is 4.18. The molecule has 0 atom stereocenters. The molecular formula is C13H11FN2O4S. The number of rotatable bonds is 5. The number of hydrogen-bond donors (Lipinski definition) is 1. The summed E-state index contributed by atoms with van der Waals surface area (Å²) >= 11 is 0. The maximum Gasteiger partial charge on any atom is 0.306 e. The molecule has 0 fully saturated rings. The SMILES string of the molecule is O=[N+]([O-])c1cc(S(=O)(=O)NCc2ccccc2)ccc1F. The molecule has 0 amide bonds. The molecule has 110 valence electrons. The number of hydrogen-bond acceptors (Lipinski definition) is 4. The van der Waals surface area contributed by atoms with Crippen LogP contribution in [0.25, 0.3) is 0 Å². The Bertz CT molecular complexity index is 763. The van der Waals surface area contributed by atoms with Gasteiger partial charge in [0.25, 0.3) is 0 Å². The zero-order valence-corrected chi connectivity index (χ0v) is 11.5. The fraction of sp³-hybridized carbons (Fsp3) is 0.0769. The van der Waals surface area contributed by atoms with E-state index >= 15 is 0 Å². The van der Waals surface area contributed by atoms with E-state index in [0.29, 0.717) is 6.07 Å². The van der Waals surface area contributed by atoms with Crippen molar-refractivity contribution in [3.63, 3.8) is 0 Å². The number of nitrogens with one attached hydrogen (secondary N) is 1. The van der Waals surface area contributed by atoms with E-state index in [-0.39, 0.29) is 11.4 Å². The number of benzene rings is 2. The fourth-order valence-electron chi connectivity index (χ4n) is 1.66. The normalized spacial score (nSPS) is 11.3. The molecule has 2 aromatic rings. The molecule has 0 aliphatic carbocycles. The second kappa shape index (κ2) is 5.98. The lowest BCUT2D eigenvalue weighted by molar-refractivity contribution is -0.387. The summed E-state index contributed by atoms with van der Waals surface area (Å²) in [7, 11) is -3.95. The zero-order chi connectivity index (χ0) is 15.5. The Hall–Kier alpha value is -2.32. The van der Waals surface area contributed by atoms with Gasteiger partial charge in [0.1, 0.15) is 0 Å². The van der Waals surface area contributed by atoms with E-state index in [2.05, 4.69) is 4.72 Å². The average Bonchev–Trinajstić information content (AvgIpc) is 2.46. The van der Waals surface area contributed by atoms with Gasteiger partial charge in [0.05, 0.1) is 9.82 Å². The molecular weight excluding hydrogens is 299 g/mol. The molecule has 2 aromatic carbocycles. The van der Waals surface area contributed by atoms with Crippen LogP contribution in [-0.2, 0) is 16.6 Å². The Morgan fingerprint density at radius 2 is 1.81 bits per heavy atom. The van der Waals surface area contributed by atoms with Crippen molar-refractivity contribution in [1.82, 2.24) is 4.72 Å². The summed E-state index contributed by atoms with van der Waals surface area (Å²) in [4.78, 5) is 9.31. The second-order valence-corrected chi connectivity index (χ2v) is 5.95. The third-order valence-electron chi connectivity index (χ3n) is 2.73. The lowest BCUT2D eigenvalue weighted by atomic mass is 10.2. The van der Waals surface area contributed by atoms with E-state index in [1.807, 2.05) is 0 Å². The first-order chi connectivity index (χ1) is 9.90. The highest BCUT2D eigenvalue weighted by Gasteiger charge is 2.21. The number of nitro groups is 1. The minimum Gasteiger partial charge on any atom is -0.258 e. The van der Waals surface area contributed by atoms with Gasteiger partial charge in [-0.2, -0.15) is 4.39 Å². The number of nitrogens with zero attached hydrogens (tertiary/aromatic N) is 1. The maximum absolute atomic E-state index is 13.2. The molecule has 2 rings (SSSR count). The molecule has 0 spiro atoms. The van der Waals surface area contributed by atoms with E-state index in [9.17, 15) is 22.9 Å². The summed E-state index contributed by atoms with van der Waals surface area (Å²) in [6.07, 6.45) is 0. The topological polar surface area (TPSA) is 89.3 Å². The molecule has 0 radical (unpaired) electrons. The van der Waals surface area contributed by atoms with Crippen molar-refractivity contribution < 1.29 is 17.7 Å². The molecule has 0 aromatic heterocycles.